The van der Waals surface area contributed by atoms with Crippen molar-refractivity contribution in [3.8, 4) is 11.4 Å². The fourth-order valence-corrected chi connectivity index (χ4v) is 4.65. The van der Waals surface area contributed by atoms with Gasteiger partial charge in [0.15, 0.2) is 0 Å². The Balaban J connectivity index is 1.54. The number of ether oxygens (including phenoxy) is 1. The number of nitrogens with zero attached hydrogens (tertiary/aromatic N) is 3. The number of aromatic nitrogens is 2. The van der Waals surface area contributed by atoms with Crippen LogP contribution in [-0.2, 0) is 0 Å². The Morgan fingerprint density at radius 3 is 2.44 bits per heavy atom. The van der Waals surface area contributed by atoms with E-state index in [0.29, 0.717) is 23.0 Å². The highest BCUT2D eigenvalue weighted by Crippen LogP contribution is 2.27. The minimum atomic E-state index is -0.204. The molecule has 2 aromatic carbocycles. The Morgan fingerprint density at radius 1 is 1.09 bits per heavy atom. The van der Waals surface area contributed by atoms with Crippen LogP contribution in [0.4, 0.5) is 0 Å². The molecule has 0 aliphatic carbocycles. The second kappa shape index (κ2) is 10.2. The molecular weight excluding hydrogens is 424 g/mol. The van der Waals surface area contributed by atoms with Crippen molar-refractivity contribution in [1.82, 2.24) is 20.0 Å². The Morgan fingerprint density at radius 2 is 1.78 bits per heavy atom. The summed E-state index contributed by atoms with van der Waals surface area (Å²) in [4.78, 5) is 15.6. The first-order chi connectivity index (χ1) is 15.6. The van der Waals surface area contributed by atoms with Crippen LogP contribution < -0.4 is 10.1 Å². The Labute approximate surface area is 194 Å². The maximum atomic E-state index is 13.2. The van der Waals surface area contributed by atoms with Crippen molar-refractivity contribution in [2.45, 2.75) is 32.2 Å². The number of benzene rings is 2. The molecule has 7 heteroatoms. The number of para-hydroxylation sites is 1. The maximum Gasteiger partial charge on any atom is 0.256 e. The summed E-state index contributed by atoms with van der Waals surface area (Å²) in [7, 11) is 1.67. The monoisotopic (exact) mass is 452 g/mol. The third kappa shape index (κ3) is 4.81. The summed E-state index contributed by atoms with van der Waals surface area (Å²) in [6, 6.07) is 17.8. The molecule has 1 aliphatic rings. The smallest absolute Gasteiger partial charge is 0.256 e. The van der Waals surface area contributed by atoms with Crippen molar-refractivity contribution in [3.63, 3.8) is 0 Å². The summed E-state index contributed by atoms with van der Waals surface area (Å²) in [6.45, 7) is 4.36. The standard InChI is InChI=1S/C25H29ClN4O2/c1-18-23(24(26)30(28-18)20-9-5-3-6-10-20)25(31)27-17-22(29-15-7-4-8-16-29)19-11-13-21(32-2)14-12-19/h3,5-6,9-14,22H,4,7-8,15-17H2,1-2H3,(H,27,31). The normalized spacial score (nSPS) is 15.3. The predicted molar refractivity (Wildman–Crippen MR) is 127 cm³/mol. The third-order valence-corrected chi connectivity index (χ3v) is 6.37. The van der Waals surface area contributed by atoms with Crippen LogP contribution in [0.5, 0.6) is 5.75 Å². The molecule has 4 rings (SSSR count). The summed E-state index contributed by atoms with van der Waals surface area (Å²) in [5, 5.41) is 7.94. The zero-order valence-corrected chi connectivity index (χ0v) is 19.3. The molecule has 0 spiro atoms. The molecule has 3 aromatic rings. The second-order valence-corrected chi connectivity index (χ2v) is 8.45. The molecule has 1 saturated heterocycles. The van der Waals surface area contributed by atoms with E-state index in [1.807, 2.05) is 49.4 Å². The molecule has 2 heterocycles. The summed E-state index contributed by atoms with van der Waals surface area (Å²) in [5.74, 6) is 0.621. The molecule has 1 fully saturated rings. The zero-order valence-electron chi connectivity index (χ0n) is 18.6. The molecular formula is C25H29ClN4O2. The molecule has 0 saturated carbocycles. The van der Waals surface area contributed by atoms with Gasteiger partial charge in [-0.1, -0.05) is 48.4 Å². The largest absolute Gasteiger partial charge is 0.497 e. The first-order valence-electron chi connectivity index (χ1n) is 11.0. The lowest BCUT2D eigenvalue weighted by molar-refractivity contribution is 0.0924. The number of rotatable bonds is 7. The van der Waals surface area contributed by atoms with E-state index in [1.54, 1.807) is 11.8 Å². The number of likely N-dealkylation sites (tertiary alicyclic amines) is 1. The van der Waals surface area contributed by atoms with E-state index in [1.165, 1.54) is 19.3 Å². The van der Waals surface area contributed by atoms with Crippen LogP contribution in [0.2, 0.25) is 5.15 Å². The molecule has 1 amide bonds. The number of nitrogens with one attached hydrogen (secondary N) is 1. The van der Waals surface area contributed by atoms with Crippen molar-refractivity contribution in [1.29, 1.82) is 0 Å². The quantitative estimate of drug-likeness (QED) is 0.559. The second-order valence-electron chi connectivity index (χ2n) is 8.09. The van der Waals surface area contributed by atoms with E-state index in [2.05, 4.69) is 27.4 Å². The van der Waals surface area contributed by atoms with Crippen LogP contribution in [-0.4, -0.2) is 47.3 Å². The van der Waals surface area contributed by atoms with E-state index in [0.717, 1.165) is 30.1 Å². The molecule has 1 unspecified atom stereocenters. The van der Waals surface area contributed by atoms with E-state index in [9.17, 15) is 4.79 Å². The van der Waals surface area contributed by atoms with Gasteiger partial charge in [-0.15, -0.1) is 0 Å². The third-order valence-electron chi connectivity index (χ3n) is 6.02. The summed E-state index contributed by atoms with van der Waals surface area (Å²) < 4.78 is 6.92. The maximum absolute atomic E-state index is 13.2. The predicted octanol–water partition coefficient (Wildman–Crippen LogP) is 4.80. The van der Waals surface area contributed by atoms with Gasteiger partial charge in [-0.3, -0.25) is 9.69 Å². The number of halogens is 1. The highest BCUT2D eigenvalue weighted by molar-refractivity contribution is 6.33. The number of hydrogen-bond acceptors (Lipinski definition) is 4. The molecule has 1 aliphatic heterocycles. The number of aryl methyl sites for hydroxylation is 1. The van der Waals surface area contributed by atoms with Crippen molar-refractivity contribution in [3.05, 3.63) is 76.6 Å². The minimum Gasteiger partial charge on any atom is -0.497 e. The molecule has 1 atom stereocenters. The number of methoxy groups -OCH3 is 1. The van der Waals surface area contributed by atoms with Gasteiger partial charge in [-0.05, 0) is 62.7 Å². The average molecular weight is 453 g/mol. The lowest BCUT2D eigenvalue weighted by Crippen LogP contribution is -2.40. The summed E-state index contributed by atoms with van der Waals surface area (Å²) in [5.41, 5.74) is 3.01. The average Bonchev–Trinajstić information content (AvgIpc) is 3.14. The Kier molecular flexibility index (Phi) is 7.12. The summed E-state index contributed by atoms with van der Waals surface area (Å²) >= 11 is 6.59. The van der Waals surface area contributed by atoms with Gasteiger partial charge in [-0.2, -0.15) is 5.10 Å². The van der Waals surface area contributed by atoms with Crippen LogP contribution in [0, 0.1) is 6.92 Å². The summed E-state index contributed by atoms with van der Waals surface area (Å²) in [6.07, 6.45) is 3.61. The van der Waals surface area contributed by atoms with E-state index >= 15 is 0 Å². The van der Waals surface area contributed by atoms with Crippen LogP contribution in [0.15, 0.2) is 54.6 Å². The van der Waals surface area contributed by atoms with Gasteiger partial charge in [0.25, 0.3) is 5.91 Å². The van der Waals surface area contributed by atoms with Crippen molar-refractivity contribution >= 4 is 17.5 Å². The lowest BCUT2D eigenvalue weighted by atomic mass is 10.0. The van der Waals surface area contributed by atoms with Gasteiger partial charge in [0.1, 0.15) is 10.9 Å². The van der Waals surface area contributed by atoms with Crippen molar-refractivity contribution < 1.29 is 9.53 Å². The number of carbonyl (C=O) groups excluding carboxylic acids is 1. The van der Waals surface area contributed by atoms with E-state index in [4.69, 9.17) is 16.3 Å². The van der Waals surface area contributed by atoms with Crippen LogP contribution >= 0.6 is 11.6 Å². The molecule has 168 valence electrons. The minimum absolute atomic E-state index is 0.0911. The number of piperidine rings is 1. The van der Waals surface area contributed by atoms with E-state index < -0.39 is 0 Å². The highest BCUT2D eigenvalue weighted by atomic mass is 35.5. The number of hydrogen-bond donors (Lipinski definition) is 1. The first-order valence-corrected chi connectivity index (χ1v) is 11.4. The molecule has 0 bridgehead atoms. The van der Waals surface area contributed by atoms with Gasteiger partial charge in [0, 0.05) is 6.54 Å². The molecule has 1 aromatic heterocycles. The van der Waals surface area contributed by atoms with Crippen LogP contribution in [0.3, 0.4) is 0 Å². The van der Waals surface area contributed by atoms with Gasteiger partial charge in [-0.25, -0.2) is 4.68 Å². The fourth-order valence-electron chi connectivity index (χ4n) is 4.29. The highest BCUT2D eigenvalue weighted by Gasteiger charge is 2.25. The molecule has 0 radical (unpaired) electrons. The fraction of sp³-hybridized carbons (Fsp3) is 0.360. The Hall–Kier alpha value is -2.83. The molecule has 1 N–H and O–H groups in total. The van der Waals surface area contributed by atoms with Crippen molar-refractivity contribution in [2.24, 2.45) is 0 Å². The lowest BCUT2D eigenvalue weighted by Gasteiger charge is -2.35. The number of carbonyl (C=O) groups is 1. The van der Waals surface area contributed by atoms with Gasteiger partial charge in [0.05, 0.1) is 30.1 Å². The molecule has 32 heavy (non-hydrogen) atoms. The SMILES string of the molecule is COc1ccc(C(CNC(=O)c2c(C)nn(-c3ccccc3)c2Cl)N2CCCCC2)cc1. The van der Waals surface area contributed by atoms with Crippen LogP contribution in [0.25, 0.3) is 5.69 Å². The molecule has 6 nitrogen and oxygen atoms in total. The van der Waals surface area contributed by atoms with Crippen LogP contribution in [0.1, 0.15) is 46.9 Å². The van der Waals surface area contributed by atoms with E-state index in [-0.39, 0.29) is 11.9 Å². The first kappa shape index (κ1) is 22.4. The zero-order chi connectivity index (χ0) is 22.5. The van der Waals surface area contributed by atoms with Gasteiger partial charge < -0.3 is 10.1 Å². The topological polar surface area (TPSA) is 59.4 Å². The van der Waals surface area contributed by atoms with Crippen molar-refractivity contribution in [2.75, 3.05) is 26.7 Å². The van der Waals surface area contributed by atoms with Gasteiger partial charge >= 0.3 is 0 Å². The Bertz CT molecular complexity index is 1040. The van der Waals surface area contributed by atoms with Gasteiger partial charge in [0.2, 0.25) is 0 Å². The number of amides is 1.